The van der Waals surface area contributed by atoms with E-state index in [4.69, 9.17) is 10.9 Å². The maximum absolute atomic E-state index is 12.3. The number of carbonyl (C=O) groups is 1. The van der Waals surface area contributed by atoms with Crippen molar-refractivity contribution >= 4 is 23.5 Å². The molecule has 1 amide bonds. The van der Waals surface area contributed by atoms with Gasteiger partial charge in [0.2, 0.25) is 5.91 Å². The molecule has 1 aliphatic rings. The Morgan fingerprint density at radius 3 is 2.47 bits per heavy atom. The molecule has 0 aliphatic heterocycles. The number of hydrogen-bond donors (Lipinski definition) is 3. The van der Waals surface area contributed by atoms with Crippen molar-refractivity contribution in [3.8, 4) is 0 Å². The molecular formula is C13H25N3O2S. The van der Waals surface area contributed by atoms with Crippen molar-refractivity contribution in [3.63, 3.8) is 0 Å². The van der Waals surface area contributed by atoms with E-state index in [-0.39, 0.29) is 17.8 Å². The van der Waals surface area contributed by atoms with E-state index in [0.717, 1.165) is 30.9 Å². The quantitative estimate of drug-likeness (QED) is 0.312. The van der Waals surface area contributed by atoms with Gasteiger partial charge in [-0.2, -0.15) is 11.8 Å². The van der Waals surface area contributed by atoms with E-state index in [9.17, 15) is 4.79 Å². The molecule has 4 N–H and O–H groups in total. The van der Waals surface area contributed by atoms with E-state index in [2.05, 4.69) is 16.7 Å². The first kappa shape index (κ1) is 16.1. The van der Waals surface area contributed by atoms with Gasteiger partial charge in [0.1, 0.15) is 5.41 Å². The van der Waals surface area contributed by atoms with Crippen LogP contribution in [0.2, 0.25) is 0 Å². The Morgan fingerprint density at radius 1 is 1.47 bits per heavy atom. The molecule has 0 bridgehead atoms. The van der Waals surface area contributed by atoms with E-state index >= 15 is 0 Å². The number of oxime groups is 1. The number of amides is 1. The number of amidine groups is 1. The minimum absolute atomic E-state index is 0.0229. The normalized spacial score (nSPS) is 27.6. The standard InChI is InChI=1S/C13H25N3O2S/c1-4-13(2,11(14)16-18)12(17)15-9-5-7-10(19-3)8-6-9/h9-10,18H,4-8H2,1-3H3,(H2,14,16)(H,15,17). The average Bonchev–Trinajstić information content (AvgIpc) is 2.46. The maximum atomic E-state index is 12.3. The summed E-state index contributed by atoms with van der Waals surface area (Å²) < 4.78 is 0. The summed E-state index contributed by atoms with van der Waals surface area (Å²) >= 11 is 1.90. The van der Waals surface area contributed by atoms with Crippen molar-refractivity contribution in [2.24, 2.45) is 16.3 Å². The molecule has 1 atom stereocenters. The van der Waals surface area contributed by atoms with Crippen LogP contribution in [0.15, 0.2) is 5.16 Å². The number of nitrogens with one attached hydrogen (secondary N) is 1. The van der Waals surface area contributed by atoms with Gasteiger partial charge in [-0.3, -0.25) is 4.79 Å². The summed E-state index contributed by atoms with van der Waals surface area (Å²) in [5.74, 6) is -0.164. The summed E-state index contributed by atoms with van der Waals surface area (Å²) in [6, 6.07) is 0.216. The monoisotopic (exact) mass is 287 g/mol. The molecule has 1 aliphatic carbocycles. The van der Waals surface area contributed by atoms with E-state index < -0.39 is 5.41 Å². The number of rotatable bonds is 5. The number of nitrogens with zero attached hydrogens (tertiary/aromatic N) is 1. The molecule has 6 heteroatoms. The van der Waals surface area contributed by atoms with Gasteiger partial charge in [0.05, 0.1) is 0 Å². The summed E-state index contributed by atoms with van der Waals surface area (Å²) in [5.41, 5.74) is 4.72. The second-order valence-electron chi connectivity index (χ2n) is 5.35. The van der Waals surface area contributed by atoms with Gasteiger partial charge in [0.15, 0.2) is 5.84 Å². The fourth-order valence-corrected chi connectivity index (χ4v) is 3.10. The second-order valence-corrected chi connectivity index (χ2v) is 6.49. The van der Waals surface area contributed by atoms with Gasteiger partial charge in [0, 0.05) is 11.3 Å². The van der Waals surface area contributed by atoms with Crippen LogP contribution in [0.1, 0.15) is 46.0 Å². The number of nitrogens with two attached hydrogens (primary N) is 1. The summed E-state index contributed by atoms with van der Waals surface area (Å²) in [6.45, 7) is 3.58. The minimum atomic E-state index is -0.925. The molecule has 0 heterocycles. The van der Waals surface area contributed by atoms with Gasteiger partial charge in [0.25, 0.3) is 0 Å². The van der Waals surface area contributed by atoms with Crippen molar-refractivity contribution < 1.29 is 10.0 Å². The molecular weight excluding hydrogens is 262 g/mol. The third-order valence-corrected chi connectivity index (χ3v) is 5.36. The third-order valence-electron chi connectivity index (χ3n) is 4.22. The fourth-order valence-electron chi connectivity index (χ4n) is 2.36. The topological polar surface area (TPSA) is 87.7 Å². The lowest BCUT2D eigenvalue weighted by atomic mass is 9.84. The van der Waals surface area contributed by atoms with Crippen LogP contribution in [-0.2, 0) is 4.79 Å². The van der Waals surface area contributed by atoms with Gasteiger partial charge in [-0.05, 0) is 45.3 Å². The number of hydrogen-bond acceptors (Lipinski definition) is 4. The van der Waals surface area contributed by atoms with E-state index in [1.165, 1.54) is 0 Å². The molecule has 1 fully saturated rings. The molecule has 0 aromatic carbocycles. The predicted octanol–water partition coefficient (Wildman–Crippen LogP) is 1.94. The van der Waals surface area contributed by atoms with Crippen LogP contribution < -0.4 is 11.1 Å². The zero-order chi connectivity index (χ0) is 14.5. The Morgan fingerprint density at radius 2 is 2.05 bits per heavy atom. The van der Waals surface area contributed by atoms with Gasteiger partial charge in [-0.1, -0.05) is 12.1 Å². The Bertz CT molecular complexity index is 341. The lowest BCUT2D eigenvalue weighted by Gasteiger charge is -2.32. The molecule has 1 saturated carbocycles. The largest absolute Gasteiger partial charge is 0.409 e. The maximum Gasteiger partial charge on any atom is 0.233 e. The van der Waals surface area contributed by atoms with Crippen LogP contribution in [-0.4, -0.2) is 34.5 Å². The molecule has 0 spiro atoms. The molecule has 1 unspecified atom stereocenters. The Hall–Kier alpha value is -0.910. The summed E-state index contributed by atoms with van der Waals surface area (Å²) in [5, 5.41) is 15.6. The highest BCUT2D eigenvalue weighted by atomic mass is 32.2. The summed E-state index contributed by atoms with van der Waals surface area (Å²) in [4.78, 5) is 12.3. The molecule has 0 radical (unpaired) electrons. The first-order valence-electron chi connectivity index (χ1n) is 6.79. The van der Waals surface area contributed by atoms with E-state index in [1.54, 1.807) is 6.92 Å². The van der Waals surface area contributed by atoms with Crippen molar-refractivity contribution in [1.29, 1.82) is 0 Å². The molecule has 5 nitrogen and oxygen atoms in total. The highest BCUT2D eigenvalue weighted by Crippen LogP contribution is 2.28. The minimum Gasteiger partial charge on any atom is -0.409 e. The highest BCUT2D eigenvalue weighted by molar-refractivity contribution is 7.99. The Labute approximate surface area is 119 Å². The van der Waals surface area contributed by atoms with E-state index in [0.29, 0.717) is 6.42 Å². The van der Waals surface area contributed by atoms with Crippen molar-refractivity contribution in [3.05, 3.63) is 0 Å². The van der Waals surface area contributed by atoms with Gasteiger partial charge >= 0.3 is 0 Å². The molecule has 0 aromatic rings. The lowest BCUT2D eigenvalue weighted by molar-refractivity contribution is -0.128. The molecule has 0 saturated heterocycles. The van der Waals surface area contributed by atoms with E-state index in [1.807, 2.05) is 18.7 Å². The lowest BCUT2D eigenvalue weighted by Crippen LogP contribution is -2.51. The van der Waals surface area contributed by atoms with Crippen LogP contribution in [0.3, 0.4) is 0 Å². The van der Waals surface area contributed by atoms with Crippen LogP contribution >= 0.6 is 11.8 Å². The zero-order valence-electron chi connectivity index (χ0n) is 12.0. The highest BCUT2D eigenvalue weighted by Gasteiger charge is 2.37. The fraction of sp³-hybridized carbons (Fsp3) is 0.846. The van der Waals surface area contributed by atoms with Crippen LogP contribution in [0, 0.1) is 5.41 Å². The third kappa shape index (κ3) is 3.78. The van der Waals surface area contributed by atoms with Gasteiger partial charge < -0.3 is 16.3 Å². The summed E-state index contributed by atoms with van der Waals surface area (Å²) in [6.07, 6.45) is 6.93. The first-order chi connectivity index (χ1) is 8.97. The van der Waals surface area contributed by atoms with Crippen LogP contribution in [0.25, 0.3) is 0 Å². The Kier molecular flexibility index (Phi) is 5.97. The zero-order valence-corrected chi connectivity index (χ0v) is 12.8. The first-order valence-corrected chi connectivity index (χ1v) is 8.08. The SMILES string of the molecule is CCC(C)(C(=O)NC1CCC(SC)CC1)C(N)=NO. The van der Waals surface area contributed by atoms with Crippen molar-refractivity contribution in [2.75, 3.05) is 6.26 Å². The number of carbonyl (C=O) groups excluding carboxylic acids is 1. The molecule has 0 aromatic heterocycles. The van der Waals surface area contributed by atoms with Crippen molar-refractivity contribution in [2.45, 2.75) is 57.2 Å². The Balaban J connectivity index is 2.59. The average molecular weight is 287 g/mol. The number of thioether (sulfide) groups is 1. The molecule has 19 heavy (non-hydrogen) atoms. The second kappa shape index (κ2) is 7.03. The van der Waals surface area contributed by atoms with Gasteiger partial charge in [-0.15, -0.1) is 0 Å². The predicted molar refractivity (Wildman–Crippen MR) is 79.5 cm³/mol. The molecule has 1 rings (SSSR count). The molecule has 110 valence electrons. The van der Waals surface area contributed by atoms with Crippen LogP contribution in [0.4, 0.5) is 0 Å². The van der Waals surface area contributed by atoms with Gasteiger partial charge in [-0.25, -0.2) is 0 Å². The smallest absolute Gasteiger partial charge is 0.233 e. The van der Waals surface area contributed by atoms with Crippen molar-refractivity contribution in [1.82, 2.24) is 5.32 Å². The van der Waals surface area contributed by atoms with Crippen LogP contribution in [0.5, 0.6) is 0 Å². The summed E-state index contributed by atoms with van der Waals surface area (Å²) in [7, 11) is 0.